The predicted molar refractivity (Wildman–Crippen MR) is 81.3 cm³/mol. The largest absolute Gasteiger partial charge is 0.494 e. The van der Waals surface area contributed by atoms with Crippen LogP contribution in [0, 0.1) is 0 Å². The van der Waals surface area contributed by atoms with Crippen molar-refractivity contribution < 1.29 is 9.47 Å². The quantitative estimate of drug-likeness (QED) is 0.828. The Morgan fingerprint density at radius 2 is 2.05 bits per heavy atom. The van der Waals surface area contributed by atoms with E-state index in [9.17, 15) is 0 Å². The Morgan fingerprint density at radius 1 is 1.30 bits per heavy atom. The molecule has 1 heterocycles. The van der Waals surface area contributed by atoms with E-state index in [1.54, 1.807) is 0 Å². The summed E-state index contributed by atoms with van der Waals surface area (Å²) < 4.78 is 11.0. The van der Waals surface area contributed by atoms with Crippen LogP contribution in [0.5, 0.6) is 5.75 Å². The molecule has 4 nitrogen and oxygen atoms in total. The number of benzene rings is 1. The molecule has 0 aromatic heterocycles. The molecule has 1 aromatic rings. The first-order chi connectivity index (χ1) is 9.81. The van der Waals surface area contributed by atoms with Gasteiger partial charge in [-0.2, -0.15) is 0 Å². The van der Waals surface area contributed by atoms with Crippen molar-refractivity contribution in [2.24, 2.45) is 0 Å². The van der Waals surface area contributed by atoms with Gasteiger partial charge in [-0.1, -0.05) is 18.2 Å². The van der Waals surface area contributed by atoms with E-state index in [2.05, 4.69) is 29.3 Å². The van der Waals surface area contributed by atoms with E-state index < -0.39 is 0 Å². The highest BCUT2D eigenvalue weighted by Gasteiger charge is 2.12. The van der Waals surface area contributed by atoms with Crippen LogP contribution in [0.2, 0.25) is 0 Å². The van der Waals surface area contributed by atoms with E-state index >= 15 is 0 Å². The molecule has 0 bridgehead atoms. The summed E-state index contributed by atoms with van der Waals surface area (Å²) in [7, 11) is 0. The topological polar surface area (TPSA) is 33.7 Å². The molecule has 112 valence electrons. The van der Waals surface area contributed by atoms with E-state index in [0.717, 1.165) is 45.1 Å². The summed E-state index contributed by atoms with van der Waals surface area (Å²) in [5, 5.41) is 3.58. The number of nitrogens with zero attached hydrogens (tertiary/aromatic N) is 1. The summed E-state index contributed by atoms with van der Waals surface area (Å²) in [6, 6.07) is 8.57. The Labute approximate surface area is 122 Å². The van der Waals surface area contributed by atoms with Gasteiger partial charge in [0, 0.05) is 37.8 Å². The van der Waals surface area contributed by atoms with Gasteiger partial charge in [0.2, 0.25) is 0 Å². The lowest BCUT2D eigenvalue weighted by molar-refractivity contribution is 0.0382. The molecule has 1 N–H and O–H groups in total. The fraction of sp³-hybridized carbons (Fsp3) is 0.625. The predicted octanol–water partition coefficient (Wildman–Crippen LogP) is 2.07. The number of hydrogen-bond donors (Lipinski definition) is 1. The summed E-state index contributed by atoms with van der Waals surface area (Å²) in [6.07, 6.45) is 0. The monoisotopic (exact) mass is 278 g/mol. The molecule has 1 atom stereocenters. The van der Waals surface area contributed by atoms with Crippen LogP contribution in [0.3, 0.4) is 0 Å². The van der Waals surface area contributed by atoms with Crippen LogP contribution >= 0.6 is 0 Å². The molecule has 1 fully saturated rings. The van der Waals surface area contributed by atoms with Crippen molar-refractivity contribution in [1.29, 1.82) is 0 Å². The molecule has 1 unspecified atom stereocenters. The Hall–Kier alpha value is -1.10. The van der Waals surface area contributed by atoms with E-state index in [1.165, 1.54) is 5.56 Å². The fourth-order valence-corrected chi connectivity index (χ4v) is 2.50. The van der Waals surface area contributed by atoms with Crippen LogP contribution in [-0.4, -0.2) is 50.9 Å². The molecule has 0 spiro atoms. The number of hydrogen-bond acceptors (Lipinski definition) is 4. The van der Waals surface area contributed by atoms with Gasteiger partial charge in [-0.3, -0.25) is 4.90 Å². The molecule has 2 rings (SSSR count). The van der Waals surface area contributed by atoms with Crippen molar-refractivity contribution >= 4 is 0 Å². The lowest BCUT2D eigenvalue weighted by Gasteiger charge is -2.27. The van der Waals surface area contributed by atoms with E-state index in [0.29, 0.717) is 12.6 Å². The lowest BCUT2D eigenvalue weighted by atomic mass is 10.1. The third-order valence-electron chi connectivity index (χ3n) is 3.67. The van der Waals surface area contributed by atoms with Crippen molar-refractivity contribution in [2.75, 3.05) is 46.0 Å². The summed E-state index contributed by atoms with van der Waals surface area (Å²) in [4.78, 5) is 2.44. The summed E-state index contributed by atoms with van der Waals surface area (Å²) >= 11 is 0. The average molecular weight is 278 g/mol. The lowest BCUT2D eigenvalue weighted by Crippen LogP contribution is -2.40. The highest BCUT2D eigenvalue weighted by atomic mass is 16.5. The Morgan fingerprint density at radius 3 is 2.80 bits per heavy atom. The smallest absolute Gasteiger partial charge is 0.124 e. The van der Waals surface area contributed by atoms with Crippen LogP contribution < -0.4 is 10.1 Å². The van der Waals surface area contributed by atoms with Crippen molar-refractivity contribution in [2.45, 2.75) is 19.9 Å². The first-order valence-corrected chi connectivity index (χ1v) is 7.56. The van der Waals surface area contributed by atoms with Crippen molar-refractivity contribution in [3.8, 4) is 5.75 Å². The standard InChI is InChI=1S/C16H26N2O2/c1-3-20-16-7-5-4-6-15(16)14(2)17-8-9-18-10-12-19-13-11-18/h4-7,14,17H,3,8-13H2,1-2H3. The Balaban J connectivity index is 1.80. The normalized spacial score (nSPS) is 17.9. The molecule has 1 aliphatic rings. The summed E-state index contributed by atoms with van der Waals surface area (Å²) in [5.41, 5.74) is 1.23. The van der Waals surface area contributed by atoms with Crippen molar-refractivity contribution in [1.82, 2.24) is 10.2 Å². The molecule has 4 heteroatoms. The summed E-state index contributed by atoms with van der Waals surface area (Å²) in [6.45, 7) is 10.8. The molecular formula is C16H26N2O2. The van der Waals surface area contributed by atoms with Gasteiger partial charge in [-0.05, 0) is 19.9 Å². The highest BCUT2D eigenvalue weighted by Crippen LogP contribution is 2.24. The number of morpholine rings is 1. The molecular weight excluding hydrogens is 252 g/mol. The second-order valence-electron chi connectivity index (χ2n) is 5.10. The van der Waals surface area contributed by atoms with Crippen LogP contribution in [0.15, 0.2) is 24.3 Å². The molecule has 1 aliphatic heterocycles. The van der Waals surface area contributed by atoms with Gasteiger partial charge in [-0.15, -0.1) is 0 Å². The van der Waals surface area contributed by atoms with Crippen LogP contribution in [0.1, 0.15) is 25.5 Å². The molecule has 1 saturated heterocycles. The van der Waals surface area contributed by atoms with Gasteiger partial charge in [0.05, 0.1) is 19.8 Å². The number of nitrogens with one attached hydrogen (secondary N) is 1. The number of ether oxygens (including phenoxy) is 2. The van der Waals surface area contributed by atoms with Gasteiger partial charge < -0.3 is 14.8 Å². The average Bonchev–Trinajstić information content (AvgIpc) is 2.49. The van der Waals surface area contributed by atoms with Gasteiger partial charge >= 0.3 is 0 Å². The minimum absolute atomic E-state index is 0.304. The van der Waals surface area contributed by atoms with Gasteiger partial charge in [0.25, 0.3) is 0 Å². The zero-order chi connectivity index (χ0) is 14.2. The molecule has 1 aromatic carbocycles. The first-order valence-electron chi connectivity index (χ1n) is 7.56. The maximum absolute atomic E-state index is 5.69. The number of rotatable bonds is 7. The molecule has 20 heavy (non-hydrogen) atoms. The van der Waals surface area contributed by atoms with Crippen LogP contribution in [-0.2, 0) is 4.74 Å². The first kappa shape index (κ1) is 15.3. The minimum atomic E-state index is 0.304. The zero-order valence-electron chi connectivity index (χ0n) is 12.6. The van der Waals surface area contributed by atoms with Gasteiger partial charge in [0.1, 0.15) is 5.75 Å². The minimum Gasteiger partial charge on any atom is -0.494 e. The van der Waals surface area contributed by atoms with E-state index in [-0.39, 0.29) is 0 Å². The molecule has 0 saturated carbocycles. The van der Waals surface area contributed by atoms with Gasteiger partial charge in [0.15, 0.2) is 0 Å². The Kier molecular flexibility index (Phi) is 6.30. The van der Waals surface area contributed by atoms with Crippen molar-refractivity contribution in [3.63, 3.8) is 0 Å². The maximum Gasteiger partial charge on any atom is 0.124 e. The number of para-hydroxylation sites is 1. The third-order valence-corrected chi connectivity index (χ3v) is 3.67. The van der Waals surface area contributed by atoms with Crippen LogP contribution in [0.25, 0.3) is 0 Å². The SMILES string of the molecule is CCOc1ccccc1C(C)NCCN1CCOCC1. The Bertz CT molecular complexity index is 392. The van der Waals surface area contributed by atoms with E-state index in [4.69, 9.17) is 9.47 Å². The molecule has 0 amide bonds. The van der Waals surface area contributed by atoms with Crippen molar-refractivity contribution in [3.05, 3.63) is 29.8 Å². The second-order valence-corrected chi connectivity index (χ2v) is 5.10. The zero-order valence-corrected chi connectivity index (χ0v) is 12.6. The van der Waals surface area contributed by atoms with Crippen LogP contribution in [0.4, 0.5) is 0 Å². The highest BCUT2D eigenvalue weighted by molar-refractivity contribution is 5.35. The molecule has 0 aliphatic carbocycles. The maximum atomic E-state index is 5.69. The summed E-state index contributed by atoms with van der Waals surface area (Å²) in [5.74, 6) is 0.987. The second kappa shape index (κ2) is 8.25. The van der Waals surface area contributed by atoms with Gasteiger partial charge in [-0.25, -0.2) is 0 Å². The third kappa shape index (κ3) is 4.47. The van der Waals surface area contributed by atoms with E-state index in [1.807, 2.05) is 19.1 Å². The molecule has 0 radical (unpaired) electrons. The fourth-order valence-electron chi connectivity index (χ4n) is 2.50.